The minimum atomic E-state index is -4.42. The largest absolute Gasteiger partial charge is 0.391 e. The van der Waals surface area contributed by atoms with Gasteiger partial charge in [-0.15, -0.1) is 0 Å². The average Bonchev–Trinajstić information content (AvgIpc) is 2.65. The highest BCUT2D eigenvalue weighted by atomic mass is 35.7. The molecular formula is C9H10ClF5N2O3S. The van der Waals surface area contributed by atoms with E-state index < -0.39 is 52.7 Å². The molecule has 0 bridgehead atoms. The lowest BCUT2D eigenvalue weighted by atomic mass is 10.4. The van der Waals surface area contributed by atoms with Crippen molar-refractivity contribution in [2.75, 3.05) is 6.61 Å². The first-order valence-corrected chi connectivity index (χ1v) is 7.73. The molecular weight excluding hydrogens is 347 g/mol. The normalized spacial score (nSPS) is 13.1. The predicted molar refractivity (Wildman–Crippen MR) is 61.6 cm³/mol. The molecule has 0 aromatic carbocycles. The van der Waals surface area contributed by atoms with Crippen LogP contribution in [-0.2, 0) is 26.9 Å². The Balaban J connectivity index is 2.77. The van der Waals surface area contributed by atoms with Gasteiger partial charge in [0.1, 0.15) is 17.1 Å². The van der Waals surface area contributed by atoms with Gasteiger partial charge in [-0.3, -0.25) is 4.68 Å². The molecule has 1 rings (SSSR count). The van der Waals surface area contributed by atoms with Crippen LogP contribution in [0.2, 0.25) is 0 Å². The van der Waals surface area contributed by atoms with E-state index in [4.69, 9.17) is 10.7 Å². The Kier molecular flexibility index (Phi) is 5.93. The number of aromatic nitrogens is 2. The second-order valence-corrected chi connectivity index (χ2v) is 6.44. The first-order valence-electron chi connectivity index (χ1n) is 5.42. The van der Waals surface area contributed by atoms with Crippen molar-refractivity contribution in [3.8, 4) is 0 Å². The maximum atomic E-state index is 12.2. The van der Waals surface area contributed by atoms with Gasteiger partial charge in [-0.05, 0) is 0 Å². The Labute approximate surface area is 121 Å². The summed E-state index contributed by atoms with van der Waals surface area (Å²) in [4.78, 5) is -0.572. The smallest absolute Gasteiger partial charge is 0.375 e. The van der Waals surface area contributed by atoms with Crippen LogP contribution in [0, 0.1) is 0 Å². The topological polar surface area (TPSA) is 61.2 Å². The fourth-order valence-electron chi connectivity index (χ4n) is 1.34. The van der Waals surface area contributed by atoms with Crippen LogP contribution in [0.5, 0.6) is 0 Å². The molecule has 1 heterocycles. The second kappa shape index (κ2) is 6.88. The van der Waals surface area contributed by atoms with E-state index in [9.17, 15) is 30.4 Å². The third kappa shape index (κ3) is 6.57. The minimum absolute atomic E-state index is 0.326. The first-order chi connectivity index (χ1) is 9.49. The molecule has 0 saturated carbocycles. The number of halogens is 6. The molecule has 0 aliphatic rings. The van der Waals surface area contributed by atoms with Gasteiger partial charge in [-0.1, -0.05) is 0 Å². The molecule has 21 heavy (non-hydrogen) atoms. The fraction of sp³-hybridized carbons (Fsp3) is 0.667. The highest BCUT2D eigenvalue weighted by Gasteiger charge is 2.27. The first kappa shape index (κ1) is 18.1. The van der Waals surface area contributed by atoms with Crippen molar-refractivity contribution in [1.29, 1.82) is 0 Å². The van der Waals surface area contributed by atoms with E-state index in [-0.39, 0.29) is 5.69 Å². The van der Waals surface area contributed by atoms with Crippen molar-refractivity contribution in [1.82, 2.24) is 9.78 Å². The van der Waals surface area contributed by atoms with Crippen LogP contribution in [0.1, 0.15) is 12.1 Å². The molecule has 0 spiro atoms. The van der Waals surface area contributed by atoms with Gasteiger partial charge in [0.2, 0.25) is 0 Å². The van der Waals surface area contributed by atoms with Crippen LogP contribution in [0.15, 0.2) is 11.1 Å². The third-order valence-corrected chi connectivity index (χ3v) is 3.52. The molecule has 0 radical (unpaired) electrons. The monoisotopic (exact) mass is 356 g/mol. The van der Waals surface area contributed by atoms with Crippen LogP contribution in [0.25, 0.3) is 0 Å². The number of nitrogens with zero attached hydrogens (tertiary/aromatic N) is 2. The van der Waals surface area contributed by atoms with Crippen LogP contribution in [0.3, 0.4) is 0 Å². The standard InChI is InChI=1S/C9H10ClF5N2O3S/c10-21(18,19)7-3-17(4-8(11)12)16-6(7)5-20-2-1-9(13,14)15/h3,8H,1-2,4-5H2. The number of ether oxygens (including phenoxy) is 1. The van der Waals surface area contributed by atoms with E-state index in [0.29, 0.717) is 4.68 Å². The van der Waals surface area contributed by atoms with Crippen molar-refractivity contribution in [3.63, 3.8) is 0 Å². The summed E-state index contributed by atoms with van der Waals surface area (Å²) in [6, 6.07) is 0. The molecule has 5 nitrogen and oxygen atoms in total. The van der Waals surface area contributed by atoms with Gasteiger partial charge in [0, 0.05) is 16.9 Å². The molecule has 0 saturated heterocycles. The molecule has 0 unspecified atom stereocenters. The van der Waals surface area contributed by atoms with Gasteiger partial charge in [-0.2, -0.15) is 18.3 Å². The fourth-order valence-corrected chi connectivity index (χ4v) is 2.35. The Hall–Kier alpha value is -0.940. The SMILES string of the molecule is O=S(=O)(Cl)c1cn(CC(F)F)nc1COCCC(F)(F)F. The van der Waals surface area contributed by atoms with E-state index in [1.807, 2.05) is 0 Å². The molecule has 122 valence electrons. The zero-order chi connectivity index (χ0) is 16.3. The van der Waals surface area contributed by atoms with Crippen LogP contribution < -0.4 is 0 Å². The molecule has 0 aliphatic heterocycles. The van der Waals surface area contributed by atoms with Gasteiger partial charge in [-0.25, -0.2) is 17.2 Å². The van der Waals surface area contributed by atoms with Crippen LogP contribution >= 0.6 is 10.7 Å². The van der Waals surface area contributed by atoms with E-state index in [1.165, 1.54) is 0 Å². The molecule has 0 atom stereocenters. The zero-order valence-corrected chi connectivity index (χ0v) is 11.9. The van der Waals surface area contributed by atoms with Gasteiger partial charge < -0.3 is 4.74 Å². The number of alkyl halides is 5. The van der Waals surface area contributed by atoms with Crippen LogP contribution in [-0.4, -0.2) is 37.4 Å². The Morgan fingerprint density at radius 2 is 2.00 bits per heavy atom. The van der Waals surface area contributed by atoms with Crippen molar-refractivity contribution >= 4 is 19.7 Å². The Morgan fingerprint density at radius 1 is 1.38 bits per heavy atom. The van der Waals surface area contributed by atoms with Crippen molar-refractivity contribution < 1.29 is 35.1 Å². The zero-order valence-electron chi connectivity index (χ0n) is 10.3. The summed E-state index contributed by atoms with van der Waals surface area (Å²) in [7, 11) is 0.823. The summed E-state index contributed by atoms with van der Waals surface area (Å²) in [6.07, 6.45) is -7.66. The second-order valence-electron chi connectivity index (χ2n) is 3.91. The molecule has 0 aliphatic carbocycles. The van der Waals surface area contributed by atoms with Gasteiger partial charge in [0.15, 0.2) is 0 Å². The molecule has 1 aromatic heterocycles. The highest BCUT2D eigenvalue weighted by molar-refractivity contribution is 8.13. The summed E-state index contributed by atoms with van der Waals surface area (Å²) >= 11 is 0. The van der Waals surface area contributed by atoms with E-state index in [0.717, 1.165) is 6.20 Å². The van der Waals surface area contributed by atoms with Crippen molar-refractivity contribution in [3.05, 3.63) is 11.9 Å². The van der Waals surface area contributed by atoms with Gasteiger partial charge in [0.05, 0.1) is 19.6 Å². The summed E-state index contributed by atoms with van der Waals surface area (Å²) in [6.45, 7) is -2.18. The molecule has 0 N–H and O–H groups in total. The lowest BCUT2D eigenvalue weighted by Gasteiger charge is -2.06. The highest BCUT2D eigenvalue weighted by Crippen LogP contribution is 2.22. The predicted octanol–water partition coefficient (Wildman–Crippen LogP) is 2.54. The Morgan fingerprint density at radius 3 is 2.48 bits per heavy atom. The van der Waals surface area contributed by atoms with Crippen molar-refractivity contribution in [2.24, 2.45) is 0 Å². The van der Waals surface area contributed by atoms with E-state index >= 15 is 0 Å². The van der Waals surface area contributed by atoms with Crippen LogP contribution in [0.4, 0.5) is 22.0 Å². The maximum Gasteiger partial charge on any atom is 0.391 e. The van der Waals surface area contributed by atoms with Gasteiger partial charge >= 0.3 is 6.18 Å². The number of hydrogen-bond acceptors (Lipinski definition) is 4. The number of hydrogen-bond donors (Lipinski definition) is 0. The average molecular weight is 357 g/mol. The maximum absolute atomic E-state index is 12.2. The summed E-state index contributed by atoms with van der Waals surface area (Å²) in [5, 5.41) is 3.52. The summed E-state index contributed by atoms with van der Waals surface area (Å²) < 4.78 is 87.8. The summed E-state index contributed by atoms with van der Waals surface area (Å²) in [5.41, 5.74) is -0.326. The van der Waals surface area contributed by atoms with Gasteiger partial charge in [0.25, 0.3) is 15.5 Å². The lowest BCUT2D eigenvalue weighted by Crippen LogP contribution is -2.12. The summed E-state index contributed by atoms with van der Waals surface area (Å²) in [5.74, 6) is 0. The lowest BCUT2D eigenvalue weighted by molar-refractivity contribution is -0.146. The number of rotatable bonds is 7. The molecule has 12 heteroatoms. The molecule has 0 fully saturated rings. The van der Waals surface area contributed by atoms with E-state index in [1.54, 1.807) is 0 Å². The van der Waals surface area contributed by atoms with Crippen molar-refractivity contribution in [2.45, 2.75) is 37.1 Å². The molecule has 1 aromatic rings. The quantitative estimate of drug-likeness (QED) is 0.428. The minimum Gasteiger partial charge on any atom is -0.375 e. The third-order valence-electron chi connectivity index (χ3n) is 2.16. The van der Waals surface area contributed by atoms with E-state index in [2.05, 4.69) is 9.84 Å². The Bertz CT molecular complexity index is 572. The molecule has 0 amide bonds.